The summed E-state index contributed by atoms with van der Waals surface area (Å²) in [5.74, 6) is 0.130. The number of ketones is 1. The molecule has 0 N–H and O–H groups in total. The van der Waals surface area contributed by atoms with Gasteiger partial charge in [0.2, 0.25) is 0 Å². The van der Waals surface area contributed by atoms with Crippen LogP contribution < -0.4 is 0 Å². The lowest BCUT2D eigenvalue weighted by molar-refractivity contribution is -0.115. The van der Waals surface area contributed by atoms with Crippen molar-refractivity contribution < 1.29 is 4.79 Å². The number of hydrogen-bond acceptors (Lipinski definition) is 4. The maximum atomic E-state index is 11.9. The largest absolute Gasteiger partial charge is 0.299 e. The molecule has 1 aliphatic heterocycles. The van der Waals surface area contributed by atoms with E-state index in [2.05, 4.69) is 80.5 Å². The topological polar surface area (TPSA) is 47.3 Å². The van der Waals surface area contributed by atoms with Crippen LogP contribution in [0.3, 0.4) is 0 Å². The van der Waals surface area contributed by atoms with Crippen molar-refractivity contribution in [3.63, 3.8) is 0 Å². The fraction of sp³-hybridized carbons (Fsp3) is 0.459. The standard InChI is InChI=1S/C23H28N2O.C14H23N/c1-4-7-23(26)19(3)10-11-20-13-15-25(14-12-18(20)2)17-22-9-6-5-8-21(22)16-24;1-4-6-11-15(5-2)12-14-9-7-13(3)8-10-14/h5-6,8-11H,3-4,7,12-15,17H2,1-2H3;7-10H,4-6,11-12H2,1-3H3/b11-10-;. The van der Waals surface area contributed by atoms with Crippen molar-refractivity contribution in [1.82, 2.24) is 9.80 Å². The highest BCUT2D eigenvalue weighted by molar-refractivity contribution is 5.97. The summed E-state index contributed by atoms with van der Waals surface area (Å²) in [6, 6.07) is 19.0. The third-order valence-electron chi connectivity index (χ3n) is 7.70. The zero-order valence-corrected chi connectivity index (χ0v) is 26.2. The van der Waals surface area contributed by atoms with E-state index in [1.165, 1.54) is 41.7 Å². The van der Waals surface area contributed by atoms with E-state index in [1.54, 1.807) is 0 Å². The Bertz CT molecular complexity index is 1200. The third-order valence-corrected chi connectivity index (χ3v) is 7.70. The maximum Gasteiger partial charge on any atom is 0.162 e. The van der Waals surface area contributed by atoms with Gasteiger partial charge in [0.05, 0.1) is 11.6 Å². The molecule has 0 fully saturated rings. The van der Waals surface area contributed by atoms with Gasteiger partial charge in [-0.3, -0.25) is 14.6 Å². The monoisotopic (exact) mass is 553 g/mol. The fourth-order valence-corrected chi connectivity index (χ4v) is 4.85. The number of nitrogens with zero attached hydrogens (tertiary/aromatic N) is 3. The first kappa shape index (κ1) is 33.9. The molecule has 0 amide bonds. The van der Waals surface area contributed by atoms with Gasteiger partial charge in [0.25, 0.3) is 0 Å². The summed E-state index contributed by atoms with van der Waals surface area (Å²) in [5.41, 5.74) is 7.88. The quantitative estimate of drug-likeness (QED) is 0.184. The normalized spacial score (nSPS) is 14.0. The zero-order valence-electron chi connectivity index (χ0n) is 26.2. The number of allylic oxidation sites excluding steroid dienone is 3. The van der Waals surface area contributed by atoms with E-state index >= 15 is 0 Å². The summed E-state index contributed by atoms with van der Waals surface area (Å²) in [6.07, 6.45) is 9.90. The van der Waals surface area contributed by atoms with Crippen molar-refractivity contribution in [2.75, 3.05) is 26.2 Å². The predicted molar refractivity (Wildman–Crippen MR) is 174 cm³/mol. The lowest BCUT2D eigenvalue weighted by Crippen LogP contribution is -2.24. The smallest absolute Gasteiger partial charge is 0.162 e. The van der Waals surface area contributed by atoms with Crippen LogP contribution in [0.15, 0.2) is 84.0 Å². The minimum absolute atomic E-state index is 0.130. The molecular formula is C37H51N3O. The Labute approximate surface area is 250 Å². The van der Waals surface area contributed by atoms with E-state index in [9.17, 15) is 10.1 Å². The molecule has 0 atom stereocenters. The van der Waals surface area contributed by atoms with Crippen LogP contribution >= 0.6 is 0 Å². The van der Waals surface area contributed by atoms with Crippen molar-refractivity contribution in [1.29, 1.82) is 5.26 Å². The summed E-state index contributed by atoms with van der Waals surface area (Å²) in [7, 11) is 0. The van der Waals surface area contributed by atoms with E-state index in [-0.39, 0.29) is 5.78 Å². The highest BCUT2D eigenvalue weighted by Crippen LogP contribution is 2.22. The van der Waals surface area contributed by atoms with Gasteiger partial charge in [0, 0.05) is 38.2 Å². The van der Waals surface area contributed by atoms with Crippen LogP contribution in [0.25, 0.3) is 0 Å². The Balaban J connectivity index is 0.000000333. The van der Waals surface area contributed by atoms with Crippen LogP contribution in [0.1, 0.15) is 88.5 Å². The Morgan fingerprint density at radius 3 is 2.39 bits per heavy atom. The van der Waals surface area contributed by atoms with Gasteiger partial charge in [-0.2, -0.15) is 5.26 Å². The summed E-state index contributed by atoms with van der Waals surface area (Å²) < 4.78 is 0. The van der Waals surface area contributed by atoms with Crippen LogP contribution in [0.5, 0.6) is 0 Å². The van der Waals surface area contributed by atoms with Gasteiger partial charge in [-0.1, -0.05) is 99.5 Å². The summed E-state index contributed by atoms with van der Waals surface area (Å²) in [6.45, 7) is 20.9. The lowest BCUT2D eigenvalue weighted by atomic mass is 10.0. The number of Topliss-reactive ketones (excluding diaryl/α,β-unsaturated/α-hetero) is 1. The molecule has 0 saturated carbocycles. The molecule has 0 bridgehead atoms. The molecule has 220 valence electrons. The van der Waals surface area contributed by atoms with Crippen LogP contribution in [-0.4, -0.2) is 41.8 Å². The molecule has 1 aliphatic rings. The molecule has 0 aromatic heterocycles. The summed E-state index contributed by atoms with van der Waals surface area (Å²) in [5, 5.41) is 9.27. The Kier molecular flexibility index (Phi) is 15.7. The van der Waals surface area contributed by atoms with Gasteiger partial charge < -0.3 is 0 Å². The molecule has 0 saturated heterocycles. The number of rotatable bonds is 13. The van der Waals surface area contributed by atoms with Crippen LogP contribution in [0, 0.1) is 18.3 Å². The molecule has 0 radical (unpaired) electrons. The number of aryl methyl sites for hydroxylation is 1. The Morgan fingerprint density at radius 1 is 1.02 bits per heavy atom. The number of benzene rings is 2. The van der Waals surface area contributed by atoms with Gasteiger partial charge in [0.1, 0.15) is 0 Å². The summed E-state index contributed by atoms with van der Waals surface area (Å²) >= 11 is 0. The average molecular weight is 554 g/mol. The van der Waals surface area contributed by atoms with Crippen molar-refractivity contribution in [2.24, 2.45) is 0 Å². The van der Waals surface area contributed by atoms with E-state index in [0.717, 1.165) is 63.1 Å². The molecule has 1 heterocycles. The average Bonchev–Trinajstić information content (AvgIpc) is 3.16. The molecule has 3 rings (SSSR count). The minimum atomic E-state index is 0.130. The van der Waals surface area contributed by atoms with Crippen molar-refractivity contribution in [3.05, 3.63) is 106 Å². The number of hydrogen-bond donors (Lipinski definition) is 0. The Hall–Kier alpha value is -3.26. The first-order valence-corrected chi connectivity index (χ1v) is 15.4. The molecule has 4 heteroatoms. The molecule has 0 unspecified atom stereocenters. The zero-order chi connectivity index (χ0) is 30.0. The van der Waals surface area contributed by atoms with E-state index < -0.39 is 0 Å². The first-order chi connectivity index (χ1) is 19.8. The first-order valence-electron chi connectivity index (χ1n) is 15.4. The van der Waals surface area contributed by atoms with Crippen LogP contribution in [0.4, 0.5) is 0 Å². The molecule has 0 spiro atoms. The second-order valence-corrected chi connectivity index (χ2v) is 11.1. The van der Waals surface area contributed by atoms with E-state index in [4.69, 9.17) is 0 Å². The van der Waals surface area contributed by atoms with Gasteiger partial charge in [0.15, 0.2) is 5.78 Å². The maximum absolute atomic E-state index is 11.9. The van der Waals surface area contributed by atoms with Crippen molar-refractivity contribution in [3.8, 4) is 6.07 Å². The predicted octanol–water partition coefficient (Wildman–Crippen LogP) is 8.57. The summed E-state index contributed by atoms with van der Waals surface area (Å²) in [4.78, 5) is 16.8. The van der Waals surface area contributed by atoms with Gasteiger partial charge >= 0.3 is 0 Å². The van der Waals surface area contributed by atoms with Crippen molar-refractivity contribution in [2.45, 2.75) is 86.2 Å². The second kappa shape index (κ2) is 19.0. The number of carbonyl (C=O) groups is 1. The van der Waals surface area contributed by atoms with E-state index in [0.29, 0.717) is 12.0 Å². The molecule has 0 aliphatic carbocycles. The van der Waals surface area contributed by atoms with Gasteiger partial charge in [-0.15, -0.1) is 0 Å². The second-order valence-electron chi connectivity index (χ2n) is 11.1. The molecule has 4 nitrogen and oxygen atoms in total. The van der Waals surface area contributed by atoms with Gasteiger partial charge in [-0.05, 0) is 75.4 Å². The van der Waals surface area contributed by atoms with E-state index in [1.807, 2.05) is 37.3 Å². The molecule has 2 aromatic carbocycles. The number of unbranched alkanes of at least 4 members (excludes halogenated alkanes) is 1. The van der Waals surface area contributed by atoms with Gasteiger partial charge in [-0.25, -0.2) is 0 Å². The lowest BCUT2D eigenvalue weighted by Gasteiger charge is -2.20. The fourth-order valence-electron chi connectivity index (χ4n) is 4.85. The van der Waals surface area contributed by atoms with Crippen molar-refractivity contribution >= 4 is 5.78 Å². The Morgan fingerprint density at radius 2 is 1.73 bits per heavy atom. The number of carbonyl (C=O) groups excluding carboxylic acids is 1. The third kappa shape index (κ3) is 12.4. The molecule has 41 heavy (non-hydrogen) atoms. The van der Waals surface area contributed by atoms with Crippen LogP contribution in [0.2, 0.25) is 0 Å². The van der Waals surface area contributed by atoms with Crippen LogP contribution in [-0.2, 0) is 17.9 Å². The minimum Gasteiger partial charge on any atom is -0.299 e. The molecular weight excluding hydrogens is 502 g/mol. The SMILES string of the molecule is C=C(/C=C\C1=C(C)CCN(Cc2ccccc2C#N)CC1)C(=O)CCC.CCCCN(CC)Cc1ccc(C)cc1. The highest BCUT2D eigenvalue weighted by atomic mass is 16.1. The highest BCUT2D eigenvalue weighted by Gasteiger charge is 2.15. The molecule has 2 aromatic rings. The number of nitriles is 1.